The highest BCUT2D eigenvalue weighted by Gasteiger charge is 2.51. The minimum atomic E-state index is -0.706. The Morgan fingerprint density at radius 3 is 2.68 bits per heavy atom. The molecular formula is C18H15BrN2O. The van der Waals surface area contributed by atoms with Crippen molar-refractivity contribution >= 4 is 21.7 Å². The molecule has 0 radical (unpaired) electrons. The van der Waals surface area contributed by atoms with Gasteiger partial charge in [-0.05, 0) is 36.1 Å². The van der Waals surface area contributed by atoms with Crippen molar-refractivity contribution in [3.05, 3.63) is 69.7 Å². The van der Waals surface area contributed by atoms with Crippen molar-refractivity contribution in [3.8, 4) is 0 Å². The minimum absolute atomic E-state index is 0.0430. The molecule has 0 saturated heterocycles. The van der Waals surface area contributed by atoms with Crippen LogP contribution in [0.1, 0.15) is 33.8 Å². The number of ketones is 1. The summed E-state index contributed by atoms with van der Waals surface area (Å²) in [6.45, 7) is 0.593. The summed E-state index contributed by atoms with van der Waals surface area (Å²) in [4.78, 5) is 13.1. The zero-order chi connectivity index (χ0) is 15.2. The highest BCUT2D eigenvalue weighted by Crippen LogP contribution is 2.45. The summed E-state index contributed by atoms with van der Waals surface area (Å²) < 4.78 is 1.04. The summed E-state index contributed by atoms with van der Waals surface area (Å²) >= 11 is 3.46. The van der Waals surface area contributed by atoms with Crippen molar-refractivity contribution in [2.24, 2.45) is 10.2 Å². The first-order valence-corrected chi connectivity index (χ1v) is 8.27. The maximum atomic E-state index is 13.1. The van der Waals surface area contributed by atoms with Crippen molar-refractivity contribution in [1.29, 1.82) is 0 Å². The Bertz CT molecular complexity index is 769. The highest BCUT2D eigenvalue weighted by atomic mass is 79.9. The monoisotopic (exact) mass is 354 g/mol. The first-order valence-electron chi connectivity index (χ1n) is 7.47. The summed E-state index contributed by atoms with van der Waals surface area (Å²) in [5.74, 6) is 0.171. The van der Waals surface area contributed by atoms with Gasteiger partial charge in [0.15, 0.2) is 11.3 Å². The van der Waals surface area contributed by atoms with Crippen molar-refractivity contribution in [1.82, 2.24) is 0 Å². The Balaban J connectivity index is 1.78. The first-order chi connectivity index (χ1) is 10.7. The van der Waals surface area contributed by atoms with Crippen molar-refractivity contribution in [3.63, 3.8) is 0 Å². The van der Waals surface area contributed by atoms with Crippen LogP contribution in [0.3, 0.4) is 0 Å². The second-order valence-corrected chi connectivity index (χ2v) is 6.85. The summed E-state index contributed by atoms with van der Waals surface area (Å²) in [6.07, 6.45) is 1.63. The molecule has 0 aromatic heterocycles. The summed E-state index contributed by atoms with van der Waals surface area (Å²) in [5, 5.41) is 8.71. The van der Waals surface area contributed by atoms with Gasteiger partial charge in [-0.25, -0.2) is 0 Å². The lowest BCUT2D eigenvalue weighted by atomic mass is 9.68. The highest BCUT2D eigenvalue weighted by molar-refractivity contribution is 9.10. The maximum absolute atomic E-state index is 13.1. The number of benzene rings is 2. The van der Waals surface area contributed by atoms with Crippen molar-refractivity contribution in [2.75, 3.05) is 6.54 Å². The Hall–Kier alpha value is -1.81. The number of carbonyl (C=O) groups excluding carboxylic acids is 1. The Kier molecular flexibility index (Phi) is 3.22. The molecule has 0 saturated carbocycles. The number of hydrogen-bond donors (Lipinski definition) is 0. The quantitative estimate of drug-likeness (QED) is 0.739. The smallest absolute Gasteiger partial charge is 0.193 e. The predicted molar refractivity (Wildman–Crippen MR) is 88.4 cm³/mol. The predicted octanol–water partition coefficient (Wildman–Crippen LogP) is 4.57. The molecule has 0 fully saturated rings. The fourth-order valence-corrected chi connectivity index (χ4v) is 3.87. The Morgan fingerprint density at radius 1 is 1.09 bits per heavy atom. The number of fused-ring (bicyclic) bond motifs is 1. The van der Waals surface area contributed by atoms with Gasteiger partial charge in [-0.15, -0.1) is 0 Å². The van der Waals surface area contributed by atoms with Gasteiger partial charge in [0.05, 0.1) is 6.54 Å². The van der Waals surface area contributed by atoms with E-state index in [-0.39, 0.29) is 11.7 Å². The van der Waals surface area contributed by atoms with Gasteiger partial charge < -0.3 is 0 Å². The summed E-state index contributed by atoms with van der Waals surface area (Å²) in [7, 11) is 0. The van der Waals surface area contributed by atoms with Gasteiger partial charge in [-0.3, -0.25) is 4.79 Å². The molecule has 2 aliphatic rings. The standard InChI is InChI=1S/C18H15BrN2O/c19-14-7-5-13(6-8-14)16-11-20-21-18(16)10-9-12-3-1-2-4-15(12)17(18)22/h1-8,16H,9-11H2/t16-,18-/m0/s1. The molecule has 2 aromatic carbocycles. The first kappa shape index (κ1) is 13.8. The van der Waals surface area contributed by atoms with Gasteiger partial charge >= 0.3 is 0 Å². The van der Waals surface area contributed by atoms with E-state index in [1.807, 2.05) is 36.4 Å². The third-order valence-corrected chi connectivity index (χ3v) is 5.32. The van der Waals surface area contributed by atoms with E-state index in [0.29, 0.717) is 6.54 Å². The fourth-order valence-electron chi connectivity index (χ4n) is 3.61. The van der Waals surface area contributed by atoms with Gasteiger partial charge in [0.2, 0.25) is 0 Å². The van der Waals surface area contributed by atoms with Gasteiger partial charge in [0.25, 0.3) is 0 Å². The molecule has 1 aliphatic heterocycles. The van der Waals surface area contributed by atoms with E-state index in [1.54, 1.807) is 0 Å². The minimum Gasteiger partial charge on any atom is -0.291 e. The number of hydrogen-bond acceptors (Lipinski definition) is 3. The lowest BCUT2D eigenvalue weighted by molar-refractivity contribution is 0.0853. The van der Waals surface area contributed by atoms with Crippen LogP contribution in [-0.2, 0) is 6.42 Å². The normalized spacial score (nSPS) is 26.4. The van der Waals surface area contributed by atoms with Crippen LogP contribution >= 0.6 is 15.9 Å². The number of aryl methyl sites for hydroxylation is 1. The maximum Gasteiger partial charge on any atom is 0.193 e. The average Bonchev–Trinajstić information content (AvgIpc) is 2.97. The molecule has 0 N–H and O–H groups in total. The van der Waals surface area contributed by atoms with Crippen LogP contribution in [0.4, 0.5) is 0 Å². The molecule has 1 heterocycles. The van der Waals surface area contributed by atoms with E-state index in [2.05, 4.69) is 38.3 Å². The number of Topliss-reactive ketones (excluding diaryl/α,β-unsaturated/α-hetero) is 1. The van der Waals surface area contributed by atoms with Crippen LogP contribution in [0, 0.1) is 0 Å². The van der Waals surface area contributed by atoms with E-state index >= 15 is 0 Å². The van der Waals surface area contributed by atoms with Crippen LogP contribution in [0.25, 0.3) is 0 Å². The molecule has 0 bridgehead atoms. The van der Waals surface area contributed by atoms with Gasteiger partial charge in [0.1, 0.15) is 0 Å². The molecule has 0 amide bonds. The largest absolute Gasteiger partial charge is 0.291 e. The molecular weight excluding hydrogens is 340 g/mol. The number of carbonyl (C=O) groups is 1. The van der Waals surface area contributed by atoms with E-state index in [9.17, 15) is 4.79 Å². The van der Waals surface area contributed by atoms with E-state index in [0.717, 1.165) is 34.0 Å². The zero-order valence-electron chi connectivity index (χ0n) is 12.0. The van der Waals surface area contributed by atoms with Crippen LogP contribution in [-0.4, -0.2) is 17.9 Å². The lowest BCUT2D eigenvalue weighted by Crippen LogP contribution is -2.44. The number of nitrogens with zero attached hydrogens (tertiary/aromatic N) is 2. The van der Waals surface area contributed by atoms with Crippen molar-refractivity contribution < 1.29 is 4.79 Å². The topological polar surface area (TPSA) is 41.8 Å². The molecule has 1 aliphatic carbocycles. The molecule has 2 atom stereocenters. The van der Waals surface area contributed by atoms with Gasteiger partial charge in [-0.2, -0.15) is 10.2 Å². The van der Waals surface area contributed by atoms with Gasteiger partial charge in [0, 0.05) is 16.0 Å². The SMILES string of the molecule is O=C1c2ccccc2CC[C@@]12N=NC[C@H]2c1ccc(Br)cc1. The Morgan fingerprint density at radius 2 is 1.86 bits per heavy atom. The number of rotatable bonds is 1. The van der Waals surface area contributed by atoms with Crippen LogP contribution in [0.2, 0.25) is 0 Å². The van der Waals surface area contributed by atoms with E-state index in [1.165, 1.54) is 0 Å². The van der Waals surface area contributed by atoms with Gasteiger partial charge in [-0.1, -0.05) is 52.3 Å². The van der Waals surface area contributed by atoms with E-state index in [4.69, 9.17) is 0 Å². The molecule has 2 aromatic rings. The third kappa shape index (κ3) is 1.97. The summed E-state index contributed by atoms with van der Waals surface area (Å²) in [6, 6.07) is 16.1. The second kappa shape index (κ2) is 5.13. The molecule has 3 nitrogen and oxygen atoms in total. The lowest BCUT2D eigenvalue weighted by Gasteiger charge is -2.34. The summed E-state index contributed by atoms with van der Waals surface area (Å²) in [5.41, 5.74) is 2.38. The molecule has 0 unspecified atom stereocenters. The molecule has 1 spiro atoms. The molecule has 22 heavy (non-hydrogen) atoms. The molecule has 4 heteroatoms. The zero-order valence-corrected chi connectivity index (χ0v) is 13.6. The van der Waals surface area contributed by atoms with E-state index < -0.39 is 5.54 Å². The third-order valence-electron chi connectivity index (χ3n) is 4.79. The average molecular weight is 355 g/mol. The second-order valence-electron chi connectivity index (χ2n) is 5.94. The van der Waals surface area contributed by atoms with Crippen LogP contribution < -0.4 is 0 Å². The molecule has 110 valence electrons. The number of azo groups is 1. The fraction of sp³-hybridized carbons (Fsp3) is 0.278. The molecule has 4 rings (SSSR count). The Labute approximate surface area is 137 Å². The van der Waals surface area contributed by atoms with Crippen molar-refractivity contribution in [2.45, 2.75) is 24.3 Å². The van der Waals surface area contributed by atoms with Crippen LogP contribution in [0.15, 0.2) is 63.2 Å². The van der Waals surface area contributed by atoms with Crippen LogP contribution in [0.5, 0.6) is 0 Å². The number of halogens is 1.